The number of pyridine rings is 1. The lowest BCUT2D eigenvalue weighted by Gasteiger charge is -2.17. The smallest absolute Gasteiger partial charge is 0.305 e. The Kier molecular flexibility index (Phi) is 5.71. The zero-order valence-corrected chi connectivity index (χ0v) is 13.9. The second kappa shape index (κ2) is 7.74. The van der Waals surface area contributed by atoms with E-state index < -0.39 is 0 Å². The fraction of sp³-hybridized carbons (Fsp3) is 0.235. The summed E-state index contributed by atoms with van der Waals surface area (Å²) in [5.41, 5.74) is 3.72. The topological polar surface area (TPSA) is 53.3 Å². The zero-order chi connectivity index (χ0) is 16.8. The van der Waals surface area contributed by atoms with Crippen molar-refractivity contribution >= 4 is 23.4 Å². The molecule has 120 valence electrons. The zero-order valence-electron chi connectivity index (χ0n) is 13.1. The highest BCUT2D eigenvalue weighted by atomic mass is 35.5. The van der Waals surface area contributed by atoms with Crippen molar-refractivity contribution < 1.29 is 14.3 Å². The lowest BCUT2D eigenvalue weighted by molar-refractivity contribution is -0.641. The van der Waals surface area contributed by atoms with Crippen molar-refractivity contribution in [2.75, 3.05) is 18.5 Å². The third-order valence-electron chi connectivity index (χ3n) is 3.44. The van der Waals surface area contributed by atoms with Crippen molar-refractivity contribution in [3.8, 4) is 0 Å². The molecule has 0 unspecified atom stereocenters. The minimum Gasteiger partial charge on any atom is -0.339 e. The molecule has 0 spiro atoms. The van der Waals surface area contributed by atoms with E-state index in [1.54, 1.807) is 53.7 Å². The molecular weight excluding hydrogens is 314 g/mol. The van der Waals surface area contributed by atoms with Crippen molar-refractivity contribution in [1.29, 1.82) is 0 Å². The maximum absolute atomic E-state index is 12.3. The standard InChI is InChI=1S/C17H18ClN3O2/c1-3-20(4-2)17(23)14-6-5-11-21(12-14)19-16(22)13-7-9-15(18)10-8-13/h5-12H,3-4H2,1-2H3/p+1. The Morgan fingerprint density at radius 3 is 2.35 bits per heavy atom. The lowest BCUT2D eigenvalue weighted by atomic mass is 10.2. The highest BCUT2D eigenvalue weighted by Crippen LogP contribution is 2.09. The van der Waals surface area contributed by atoms with E-state index in [1.165, 1.54) is 4.68 Å². The molecule has 2 amide bonds. The maximum Gasteiger partial charge on any atom is 0.305 e. The summed E-state index contributed by atoms with van der Waals surface area (Å²) in [6.07, 6.45) is 3.28. The highest BCUT2D eigenvalue weighted by Gasteiger charge is 2.17. The third kappa shape index (κ3) is 4.29. The first kappa shape index (κ1) is 17.0. The lowest BCUT2D eigenvalue weighted by Crippen LogP contribution is -2.48. The molecule has 0 saturated carbocycles. The van der Waals surface area contributed by atoms with E-state index in [9.17, 15) is 9.59 Å². The summed E-state index contributed by atoms with van der Waals surface area (Å²) in [7, 11) is 0. The van der Waals surface area contributed by atoms with Crippen molar-refractivity contribution in [2.24, 2.45) is 0 Å². The normalized spacial score (nSPS) is 10.2. The number of carbonyl (C=O) groups is 2. The summed E-state index contributed by atoms with van der Waals surface area (Å²) < 4.78 is 1.48. The number of hydrogen-bond donors (Lipinski definition) is 1. The molecule has 1 aromatic carbocycles. The third-order valence-corrected chi connectivity index (χ3v) is 3.69. The monoisotopic (exact) mass is 332 g/mol. The molecule has 1 N–H and O–H groups in total. The Morgan fingerprint density at radius 2 is 1.74 bits per heavy atom. The number of nitrogens with one attached hydrogen (secondary N) is 1. The maximum atomic E-state index is 12.3. The molecule has 0 radical (unpaired) electrons. The summed E-state index contributed by atoms with van der Waals surface area (Å²) in [4.78, 5) is 26.2. The number of carbonyl (C=O) groups excluding carboxylic acids is 2. The van der Waals surface area contributed by atoms with E-state index in [0.717, 1.165) is 0 Å². The SMILES string of the molecule is CCN(CC)C(=O)c1ccc[n+](NC(=O)c2ccc(Cl)cc2)c1. The van der Waals surface area contributed by atoms with Crippen LogP contribution in [0.2, 0.25) is 5.02 Å². The molecule has 0 aliphatic heterocycles. The average molecular weight is 333 g/mol. The number of benzene rings is 1. The van der Waals surface area contributed by atoms with Gasteiger partial charge in [0.05, 0.1) is 0 Å². The van der Waals surface area contributed by atoms with Crippen molar-refractivity contribution in [1.82, 2.24) is 4.90 Å². The van der Waals surface area contributed by atoms with E-state index in [2.05, 4.69) is 5.43 Å². The van der Waals surface area contributed by atoms with Gasteiger partial charge in [0.1, 0.15) is 5.56 Å². The molecule has 6 heteroatoms. The number of aromatic nitrogens is 1. The van der Waals surface area contributed by atoms with Gasteiger partial charge < -0.3 is 4.90 Å². The van der Waals surface area contributed by atoms with Crippen LogP contribution >= 0.6 is 11.6 Å². The van der Waals surface area contributed by atoms with E-state index in [4.69, 9.17) is 11.6 Å². The molecule has 2 aromatic rings. The first-order valence-electron chi connectivity index (χ1n) is 7.42. The van der Waals surface area contributed by atoms with Crippen LogP contribution in [0.1, 0.15) is 34.6 Å². The fourth-order valence-corrected chi connectivity index (χ4v) is 2.27. The highest BCUT2D eigenvalue weighted by molar-refractivity contribution is 6.30. The van der Waals surface area contributed by atoms with Gasteiger partial charge in [0, 0.05) is 29.7 Å². The fourth-order valence-electron chi connectivity index (χ4n) is 2.15. The summed E-state index contributed by atoms with van der Waals surface area (Å²) in [5.74, 6) is -0.343. The van der Waals surface area contributed by atoms with Crippen LogP contribution in [0.15, 0.2) is 48.8 Å². The van der Waals surface area contributed by atoms with Crippen molar-refractivity contribution in [3.05, 3.63) is 64.9 Å². The van der Waals surface area contributed by atoms with Crippen LogP contribution in [0.5, 0.6) is 0 Å². The van der Waals surface area contributed by atoms with E-state index >= 15 is 0 Å². The molecule has 0 aliphatic rings. The van der Waals surface area contributed by atoms with Gasteiger partial charge in [-0.15, -0.1) is 5.43 Å². The summed E-state index contributed by atoms with van der Waals surface area (Å²) in [6, 6.07) is 10.0. The molecule has 0 bridgehead atoms. The van der Waals surface area contributed by atoms with Gasteiger partial charge in [0.25, 0.3) is 5.91 Å². The van der Waals surface area contributed by atoms with E-state index in [0.29, 0.717) is 29.2 Å². The summed E-state index contributed by atoms with van der Waals surface area (Å²) in [5, 5.41) is 0.570. The molecule has 0 atom stereocenters. The van der Waals surface area contributed by atoms with Crippen LogP contribution in [0.25, 0.3) is 0 Å². The van der Waals surface area contributed by atoms with E-state index in [1.807, 2.05) is 13.8 Å². The minimum absolute atomic E-state index is 0.0647. The van der Waals surface area contributed by atoms with Crippen LogP contribution in [0, 0.1) is 0 Å². The Labute approximate surface area is 140 Å². The quantitative estimate of drug-likeness (QED) is 0.855. The Balaban J connectivity index is 2.15. The minimum atomic E-state index is -0.279. The number of rotatable bonds is 5. The average Bonchev–Trinajstić information content (AvgIpc) is 2.56. The molecule has 1 heterocycles. The molecular formula is C17H19ClN3O2+. The van der Waals surface area contributed by atoms with Gasteiger partial charge >= 0.3 is 5.91 Å². The van der Waals surface area contributed by atoms with Crippen LogP contribution in [0.3, 0.4) is 0 Å². The van der Waals surface area contributed by atoms with Crippen molar-refractivity contribution in [3.63, 3.8) is 0 Å². The largest absolute Gasteiger partial charge is 0.339 e. The van der Waals surface area contributed by atoms with Gasteiger partial charge in [-0.2, -0.15) is 0 Å². The number of hydrogen-bond acceptors (Lipinski definition) is 2. The number of amides is 2. The van der Waals surface area contributed by atoms with Crippen molar-refractivity contribution in [2.45, 2.75) is 13.8 Å². The Bertz CT molecular complexity index is 697. The van der Waals surface area contributed by atoms with E-state index in [-0.39, 0.29) is 11.8 Å². The van der Waals surface area contributed by atoms with Gasteiger partial charge in [0.2, 0.25) is 6.20 Å². The van der Waals surface area contributed by atoms with Gasteiger partial charge in [-0.1, -0.05) is 16.3 Å². The van der Waals surface area contributed by atoms with Gasteiger partial charge in [0.15, 0.2) is 6.20 Å². The molecule has 0 fully saturated rings. The second-order valence-corrected chi connectivity index (χ2v) is 5.36. The molecule has 0 aliphatic carbocycles. The van der Waals surface area contributed by atoms with Crippen LogP contribution < -0.4 is 10.1 Å². The summed E-state index contributed by atoms with van der Waals surface area (Å²) >= 11 is 5.81. The second-order valence-electron chi connectivity index (χ2n) is 4.93. The van der Waals surface area contributed by atoms with Crippen LogP contribution in [0.4, 0.5) is 0 Å². The first-order chi connectivity index (χ1) is 11.0. The molecule has 0 saturated heterocycles. The van der Waals surface area contributed by atoms with Gasteiger partial charge in [-0.25, -0.2) is 0 Å². The van der Waals surface area contributed by atoms with Crippen LogP contribution in [-0.2, 0) is 0 Å². The molecule has 1 aromatic heterocycles. The van der Waals surface area contributed by atoms with Crippen LogP contribution in [-0.4, -0.2) is 29.8 Å². The number of halogens is 1. The predicted octanol–water partition coefficient (Wildman–Crippen LogP) is 2.49. The van der Waals surface area contributed by atoms with Gasteiger partial charge in [-0.05, 0) is 44.2 Å². The molecule has 2 rings (SSSR count). The molecule has 5 nitrogen and oxygen atoms in total. The number of nitrogens with zero attached hydrogens (tertiary/aromatic N) is 2. The Morgan fingerprint density at radius 1 is 1.09 bits per heavy atom. The molecule has 23 heavy (non-hydrogen) atoms. The summed E-state index contributed by atoms with van der Waals surface area (Å²) in [6.45, 7) is 5.14. The Hall–Kier alpha value is -2.40. The first-order valence-corrected chi connectivity index (χ1v) is 7.80. The van der Waals surface area contributed by atoms with Gasteiger partial charge in [-0.3, -0.25) is 9.59 Å². The predicted molar refractivity (Wildman–Crippen MR) is 89.0 cm³/mol.